The van der Waals surface area contributed by atoms with Crippen LogP contribution in [-0.2, 0) is 0 Å². The maximum atomic E-state index is 13.5. The van der Waals surface area contributed by atoms with Crippen LogP contribution in [0.5, 0.6) is 0 Å². The molecule has 0 saturated carbocycles. The number of benzene rings is 1. The first-order chi connectivity index (χ1) is 8.50. The highest BCUT2D eigenvalue weighted by molar-refractivity contribution is 6.34. The number of hydrogen-bond acceptors (Lipinski definition) is 2. The third-order valence-corrected chi connectivity index (χ3v) is 2.99. The highest BCUT2D eigenvalue weighted by Gasteiger charge is 2.17. The fraction of sp³-hybridized carbons (Fsp3) is 0.167. The third kappa shape index (κ3) is 2.22. The minimum atomic E-state index is -0.662. The lowest BCUT2D eigenvalue weighted by Gasteiger charge is -2.06. The smallest absolute Gasteiger partial charge is 0.261 e. The van der Waals surface area contributed by atoms with Gasteiger partial charge in [0.1, 0.15) is 5.82 Å². The van der Waals surface area contributed by atoms with Gasteiger partial charge in [-0.3, -0.25) is 9.89 Å². The maximum Gasteiger partial charge on any atom is 0.261 e. The number of anilines is 1. The predicted octanol–water partition coefficient (Wildman–Crippen LogP) is 3.07. The summed E-state index contributed by atoms with van der Waals surface area (Å²) < 4.78 is 13.5. The maximum absolute atomic E-state index is 13.5. The van der Waals surface area contributed by atoms with E-state index in [1.165, 1.54) is 18.2 Å². The number of rotatable bonds is 2. The Hall–Kier alpha value is -1.88. The van der Waals surface area contributed by atoms with Crippen molar-refractivity contribution in [2.75, 3.05) is 5.32 Å². The number of carbonyl (C=O) groups is 1. The molecule has 1 aromatic heterocycles. The molecule has 0 aliphatic rings. The number of amides is 1. The second kappa shape index (κ2) is 4.78. The summed E-state index contributed by atoms with van der Waals surface area (Å²) in [6.07, 6.45) is 0. The van der Waals surface area contributed by atoms with Crippen molar-refractivity contribution in [3.05, 3.63) is 45.9 Å². The van der Waals surface area contributed by atoms with Gasteiger partial charge in [0.25, 0.3) is 5.91 Å². The van der Waals surface area contributed by atoms with Crippen LogP contribution in [0.4, 0.5) is 10.2 Å². The molecule has 1 amide bonds. The van der Waals surface area contributed by atoms with E-state index < -0.39 is 11.7 Å². The molecule has 0 atom stereocenters. The van der Waals surface area contributed by atoms with Crippen molar-refractivity contribution in [3.63, 3.8) is 0 Å². The second-order valence-electron chi connectivity index (χ2n) is 3.87. The van der Waals surface area contributed by atoms with Gasteiger partial charge >= 0.3 is 0 Å². The van der Waals surface area contributed by atoms with Crippen molar-refractivity contribution in [1.82, 2.24) is 10.2 Å². The van der Waals surface area contributed by atoms with Gasteiger partial charge in [-0.15, -0.1) is 0 Å². The molecule has 2 N–H and O–H groups in total. The summed E-state index contributed by atoms with van der Waals surface area (Å²) in [7, 11) is 0. The number of aromatic nitrogens is 2. The Morgan fingerprint density at radius 1 is 1.44 bits per heavy atom. The molecule has 18 heavy (non-hydrogen) atoms. The first kappa shape index (κ1) is 12.6. The third-order valence-electron chi connectivity index (χ3n) is 2.67. The van der Waals surface area contributed by atoms with Crippen LogP contribution in [0.1, 0.15) is 21.6 Å². The molecule has 0 aliphatic heterocycles. The summed E-state index contributed by atoms with van der Waals surface area (Å²) in [4.78, 5) is 11.9. The molecule has 2 rings (SSSR count). The molecule has 0 saturated heterocycles. The van der Waals surface area contributed by atoms with Gasteiger partial charge in [-0.1, -0.05) is 17.7 Å². The molecule has 1 aromatic carbocycles. The minimum Gasteiger partial charge on any atom is -0.305 e. The zero-order valence-corrected chi connectivity index (χ0v) is 10.6. The average molecular weight is 268 g/mol. The number of halogens is 2. The molecule has 6 heteroatoms. The van der Waals surface area contributed by atoms with E-state index in [0.29, 0.717) is 5.82 Å². The molecule has 1 heterocycles. The number of nitrogens with one attached hydrogen (secondary N) is 2. The zero-order chi connectivity index (χ0) is 13.3. The van der Waals surface area contributed by atoms with Crippen molar-refractivity contribution in [2.45, 2.75) is 13.8 Å². The average Bonchev–Trinajstić information content (AvgIpc) is 2.61. The van der Waals surface area contributed by atoms with E-state index in [9.17, 15) is 9.18 Å². The van der Waals surface area contributed by atoms with Crippen molar-refractivity contribution in [2.24, 2.45) is 0 Å². The van der Waals surface area contributed by atoms with Gasteiger partial charge in [-0.05, 0) is 26.0 Å². The fourth-order valence-electron chi connectivity index (χ4n) is 1.49. The molecule has 0 fully saturated rings. The van der Waals surface area contributed by atoms with Gasteiger partial charge in [0.05, 0.1) is 10.6 Å². The quantitative estimate of drug-likeness (QED) is 0.878. The topological polar surface area (TPSA) is 57.8 Å². The van der Waals surface area contributed by atoms with E-state index in [0.717, 1.165) is 11.3 Å². The normalized spacial score (nSPS) is 10.4. The Balaban J connectivity index is 2.31. The number of hydrogen-bond donors (Lipinski definition) is 2. The molecule has 2 aromatic rings. The van der Waals surface area contributed by atoms with E-state index in [4.69, 9.17) is 11.6 Å². The Labute approximate surface area is 108 Å². The van der Waals surface area contributed by atoms with Gasteiger partial charge in [0, 0.05) is 11.3 Å². The first-order valence-corrected chi connectivity index (χ1v) is 5.65. The van der Waals surface area contributed by atoms with E-state index in [-0.39, 0.29) is 10.6 Å². The van der Waals surface area contributed by atoms with Crippen LogP contribution >= 0.6 is 11.6 Å². The van der Waals surface area contributed by atoms with Crippen LogP contribution < -0.4 is 5.32 Å². The van der Waals surface area contributed by atoms with Gasteiger partial charge < -0.3 is 5.32 Å². The van der Waals surface area contributed by atoms with Crippen LogP contribution in [0, 0.1) is 19.7 Å². The molecular formula is C12H11ClFN3O. The summed E-state index contributed by atoms with van der Waals surface area (Å²) in [5.41, 5.74) is 1.46. The van der Waals surface area contributed by atoms with E-state index in [2.05, 4.69) is 15.5 Å². The molecule has 0 radical (unpaired) electrons. The highest BCUT2D eigenvalue weighted by Crippen LogP contribution is 2.21. The van der Waals surface area contributed by atoms with Gasteiger partial charge in [0.15, 0.2) is 5.82 Å². The summed E-state index contributed by atoms with van der Waals surface area (Å²) in [5, 5.41) is 9.24. The van der Waals surface area contributed by atoms with Gasteiger partial charge in [-0.25, -0.2) is 4.39 Å². The Bertz CT molecular complexity index is 589. The number of carbonyl (C=O) groups excluding carboxylic acids is 1. The van der Waals surface area contributed by atoms with E-state index in [1.54, 1.807) is 6.92 Å². The SMILES string of the molecule is Cc1[nH]nc(NC(=O)c2c(F)cccc2Cl)c1C. The summed E-state index contributed by atoms with van der Waals surface area (Å²) in [6.45, 7) is 3.63. The van der Waals surface area contributed by atoms with Gasteiger partial charge in [0.2, 0.25) is 0 Å². The second-order valence-corrected chi connectivity index (χ2v) is 4.28. The number of nitrogens with zero attached hydrogens (tertiary/aromatic N) is 1. The molecule has 0 aliphatic carbocycles. The molecular weight excluding hydrogens is 257 g/mol. The summed E-state index contributed by atoms with van der Waals surface area (Å²) in [6, 6.07) is 4.09. The summed E-state index contributed by atoms with van der Waals surface area (Å²) >= 11 is 5.81. The first-order valence-electron chi connectivity index (χ1n) is 5.27. The Kier molecular flexibility index (Phi) is 3.34. The lowest BCUT2D eigenvalue weighted by atomic mass is 10.2. The Morgan fingerprint density at radius 2 is 2.17 bits per heavy atom. The molecule has 0 spiro atoms. The molecule has 94 valence electrons. The standard InChI is InChI=1S/C12H11ClFN3O/c1-6-7(2)16-17-11(6)15-12(18)10-8(13)4-3-5-9(10)14/h3-5H,1-2H3,(H2,15,16,17,18). The highest BCUT2D eigenvalue weighted by atomic mass is 35.5. The Morgan fingerprint density at radius 3 is 2.72 bits per heavy atom. The summed E-state index contributed by atoms with van der Waals surface area (Å²) in [5.74, 6) is -0.908. The van der Waals surface area contributed by atoms with Gasteiger partial charge in [-0.2, -0.15) is 5.10 Å². The lowest BCUT2D eigenvalue weighted by Crippen LogP contribution is -2.15. The van der Waals surface area contributed by atoms with Crippen molar-refractivity contribution in [3.8, 4) is 0 Å². The van der Waals surface area contributed by atoms with Crippen molar-refractivity contribution < 1.29 is 9.18 Å². The number of H-pyrrole nitrogens is 1. The zero-order valence-electron chi connectivity index (χ0n) is 9.84. The minimum absolute atomic E-state index is 0.0670. The fourth-order valence-corrected chi connectivity index (χ4v) is 1.74. The van der Waals surface area contributed by atoms with Crippen LogP contribution in [0.25, 0.3) is 0 Å². The van der Waals surface area contributed by atoms with Crippen molar-refractivity contribution >= 4 is 23.3 Å². The molecule has 4 nitrogen and oxygen atoms in total. The predicted molar refractivity (Wildman–Crippen MR) is 67.4 cm³/mol. The van der Waals surface area contributed by atoms with Crippen LogP contribution in [-0.4, -0.2) is 16.1 Å². The van der Waals surface area contributed by atoms with Crippen molar-refractivity contribution in [1.29, 1.82) is 0 Å². The van der Waals surface area contributed by atoms with Crippen LogP contribution in [0.2, 0.25) is 5.02 Å². The monoisotopic (exact) mass is 267 g/mol. The largest absolute Gasteiger partial charge is 0.305 e. The number of aromatic amines is 1. The molecule has 0 unspecified atom stereocenters. The van der Waals surface area contributed by atoms with Crippen LogP contribution in [0.15, 0.2) is 18.2 Å². The van der Waals surface area contributed by atoms with E-state index in [1.807, 2.05) is 6.92 Å². The van der Waals surface area contributed by atoms with Crippen LogP contribution in [0.3, 0.4) is 0 Å². The molecule has 0 bridgehead atoms. The van der Waals surface area contributed by atoms with E-state index >= 15 is 0 Å². The lowest BCUT2D eigenvalue weighted by molar-refractivity contribution is 0.102. The number of aryl methyl sites for hydroxylation is 1.